The van der Waals surface area contributed by atoms with Gasteiger partial charge in [-0.05, 0) is 24.6 Å². The van der Waals surface area contributed by atoms with Gasteiger partial charge in [0.1, 0.15) is 18.8 Å². The largest absolute Gasteiger partial charge is 0.486 e. The highest BCUT2D eigenvalue weighted by Crippen LogP contribution is 2.38. The van der Waals surface area contributed by atoms with Gasteiger partial charge in [0.05, 0.1) is 11.1 Å². The Hall–Kier alpha value is -1.01. The second kappa shape index (κ2) is 6.01. The molecule has 2 unspecified atom stereocenters. The monoisotopic (exact) mass is 313 g/mol. The molecule has 2 aliphatic rings. The number of hydrogen-bond acceptors (Lipinski definition) is 5. The first-order chi connectivity index (χ1) is 10.1. The summed E-state index contributed by atoms with van der Waals surface area (Å²) in [5, 5.41) is 14.2. The van der Waals surface area contributed by atoms with E-state index in [9.17, 15) is 5.11 Å². The molecule has 116 valence electrons. The van der Waals surface area contributed by atoms with Gasteiger partial charge in [-0.2, -0.15) is 0 Å². The molecule has 0 amide bonds. The van der Waals surface area contributed by atoms with E-state index in [1.807, 2.05) is 19.1 Å². The van der Waals surface area contributed by atoms with E-state index in [1.165, 1.54) is 0 Å². The first-order valence-corrected chi connectivity index (χ1v) is 7.59. The van der Waals surface area contributed by atoms with Crippen LogP contribution in [-0.4, -0.2) is 43.2 Å². The molecule has 1 aromatic carbocycles. The quantitative estimate of drug-likeness (QED) is 0.886. The predicted octanol–water partition coefficient (Wildman–Crippen LogP) is 1.74. The van der Waals surface area contributed by atoms with Crippen LogP contribution >= 0.6 is 11.6 Å². The molecule has 6 heteroatoms. The fourth-order valence-electron chi connectivity index (χ4n) is 2.69. The second-order valence-corrected chi connectivity index (χ2v) is 5.98. The van der Waals surface area contributed by atoms with Gasteiger partial charge in [-0.3, -0.25) is 0 Å². The van der Waals surface area contributed by atoms with E-state index in [4.69, 9.17) is 25.8 Å². The minimum atomic E-state index is -0.794. The summed E-state index contributed by atoms with van der Waals surface area (Å²) in [6, 6.07) is 3.78. The number of hydrogen-bond donors (Lipinski definition) is 2. The van der Waals surface area contributed by atoms with Crippen molar-refractivity contribution in [3.05, 3.63) is 22.7 Å². The Balaban J connectivity index is 1.62. The lowest BCUT2D eigenvalue weighted by molar-refractivity contribution is -0.0263. The molecule has 5 nitrogen and oxygen atoms in total. The van der Waals surface area contributed by atoms with Crippen molar-refractivity contribution >= 4 is 11.6 Å². The van der Waals surface area contributed by atoms with E-state index < -0.39 is 5.60 Å². The first kappa shape index (κ1) is 14.9. The van der Waals surface area contributed by atoms with Crippen molar-refractivity contribution in [3.8, 4) is 11.5 Å². The average molecular weight is 314 g/mol. The van der Waals surface area contributed by atoms with Crippen LogP contribution < -0.4 is 14.8 Å². The Morgan fingerprint density at radius 2 is 2.14 bits per heavy atom. The van der Waals surface area contributed by atoms with Gasteiger partial charge in [0.25, 0.3) is 0 Å². The summed E-state index contributed by atoms with van der Waals surface area (Å²) in [7, 11) is 0. The maximum absolute atomic E-state index is 10.4. The topological polar surface area (TPSA) is 60.0 Å². The second-order valence-electron chi connectivity index (χ2n) is 5.57. The summed E-state index contributed by atoms with van der Waals surface area (Å²) in [5.74, 6) is 1.30. The van der Waals surface area contributed by atoms with E-state index in [2.05, 4.69) is 5.32 Å². The van der Waals surface area contributed by atoms with Gasteiger partial charge in [-0.25, -0.2) is 0 Å². The van der Waals surface area contributed by atoms with Crippen molar-refractivity contribution in [2.45, 2.75) is 31.6 Å². The molecule has 21 heavy (non-hydrogen) atoms. The van der Waals surface area contributed by atoms with Crippen molar-refractivity contribution in [3.63, 3.8) is 0 Å². The van der Waals surface area contributed by atoms with Gasteiger partial charge >= 0.3 is 0 Å². The van der Waals surface area contributed by atoms with Crippen LogP contribution in [0.3, 0.4) is 0 Å². The summed E-state index contributed by atoms with van der Waals surface area (Å²) in [4.78, 5) is 0. The molecule has 1 aromatic rings. The molecule has 0 bridgehead atoms. The summed E-state index contributed by atoms with van der Waals surface area (Å²) in [6.45, 7) is 4.65. The Bertz CT molecular complexity index is 525. The van der Waals surface area contributed by atoms with Gasteiger partial charge < -0.3 is 24.6 Å². The molecule has 2 N–H and O–H groups in total. The van der Waals surface area contributed by atoms with Crippen LogP contribution in [0.25, 0.3) is 0 Å². The maximum atomic E-state index is 10.4. The fourth-order valence-corrected chi connectivity index (χ4v) is 2.98. The van der Waals surface area contributed by atoms with E-state index >= 15 is 0 Å². The van der Waals surface area contributed by atoms with E-state index in [1.54, 1.807) is 0 Å². The standard InChI is InChI=1S/C15H20ClNO4/c1-10-15(18,2-3-19-10)9-17-8-11-6-12(16)14-13(7-11)20-4-5-21-14/h6-7,10,17-18H,2-5,8-9H2,1H3. The molecule has 3 rings (SSSR count). The number of nitrogens with one attached hydrogen (secondary N) is 1. The molecule has 0 spiro atoms. The first-order valence-electron chi connectivity index (χ1n) is 7.21. The van der Waals surface area contributed by atoms with Crippen molar-refractivity contribution in [1.82, 2.24) is 5.32 Å². The Morgan fingerprint density at radius 1 is 1.33 bits per heavy atom. The zero-order valence-corrected chi connectivity index (χ0v) is 12.8. The normalized spacial score (nSPS) is 27.9. The summed E-state index contributed by atoms with van der Waals surface area (Å²) in [6.07, 6.45) is 0.511. The highest BCUT2D eigenvalue weighted by molar-refractivity contribution is 6.32. The molecule has 0 aromatic heterocycles. The Kier molecular flexibility index (Phi) is 4.26. The molecule has 1 saturated heterocycles. The SMILES string of the molecule is CC1OCCC1(O)CNCc1cc(Cl)c2c(c1)OCCO2. The van der Waals surface area contributed by atoms with E-state index in [-0.39, 0.29) is 6.10 Å². The highest BCUT2D eigenvalue weighted by Gasteiger charge is 2.38. The third-order valence-electron chi connectivity index (χ3n) is 4.08. The van der Waals surface area contributed by atoms with E-state index in [0.29, 0.717) is 55.9 Å². The summed E-state index contributed by atoms with van der Waals surface area (Å²) >= 11 is 6.20. The predicted molar refractivity (Wildman–Crippen MR) is 79.1 cm³/mol. The number of aliphatic hydroxyl groups is 1. The van der Waals surface area contributed by atoms with Crippen molar-refractivity contribution in [2.24, 2.45) is 0 Å². The number of ether oxygens (including phenoxy) is 3. The smallest absolute Gasteiger partial charge is 0.179 e. The Labute approximate surface area is 129 Å². The molecule has 2 aliphatic heterocycles. The molecular formula is C15H20ClNO4. The van der Waals surface area contributed by atoms with Crippen LogP contribution in [0, 0.1) is 0 Å². The zero-order valence-electron chi connectivity index (χ0n) is 12.0. The van der Waals surface area contributed by atoms with Crippen molar-refractivity contribution in [2.75, 3.05) is 26.4 Å². The van der Waals surface area contributed by atoms with Gasteiger partial charge in [-0.15, -0.1) is 0 Å². The van der Waals surface area contributed by atoms with Crippen LogP contribution in [0.4, 0.5) is 0 Å². The van der Waals surface area contributed by atoms with Crippen molar-refractivity contribution < 1.29 is 19.3 Å². The van der Waals surface area contributed by atoms with Crippen LogP contribution in [-0.2, 0) is 11.3 Å². The van der Waals surface area contributed by atoms with Crippen LogP contribution in [0.2, 0.25) is 5.02 Å². The number of fused-ring (bicyclic) bond motifs is 1. The molecule has 0 aliphatic carbocycles. The van der Waals surface area contributed by atoms with Crippen LogP contribution in [0.5, 0.6) is 11.5 Å². The number of rotatable bonds is 4. The lowest BCUT2D eigenvalue weighted by Crippen LogP contribution is -2.45. The van der Waals surface area contributed by atoms with Gasteiger partial charge in [0.15, 0.2) is 11.5 Å². The summed E-state index contributed by atoms with van der Waals surface area (Å²) < 4.78 is 16.5. The number of benzene rings is 1. The van der Waals surface area contributed by atoms with E-state index in [0.717, 1.165) is 5.56 Å². The fraction of sp³-hybridized carbons (Fsp3) is 0.600. The zero-order chi connectivity index (χ0) is 14.9. The Morgan fingerprint density at radius 3 is 2.90 bits per heavy atom. The van der Waals surface area contributed by atoms with Crippen LogP contribution in [0.1, 0.15) is 18.9 Å². The van der Waals surface area contributed by atoms with Gasteiger partial charge in [-0.1, -0.05) is 11.6 Å². The molecule has 0 radical (unpaired) electrons. The molecule has 0 saturated carbocycles. The third-order valence-corrected chi connectivity index (χ3v) is 4.36. The van der Waals surface area contributed by atoms with Crippen LogP contribution in [0.15, 0.2) is 12.1 Å². The molecular weight excluding hydrogens is 294 g/mol. The molecule has 2 heterocycles. The maximum Gasteiger partial charge on any atom is 0.179 e. The average Bonchev–Trinajstić information content (AvgIpc) is 2.79. The highest BCUT2D eigenvalue weighted by atomic mass is 35.5. The number of halogens is 1. The van der Waals surface area contributed by atoms with Gasteiger partial charge in [0.2, 0.25) is 0 Å². The lowest BCUT2D eigenvalue weighted by Gasteiger charge is -2.26. The third kappa shape index (κ3) is 3.11. The molecule has 1 fully saturated rings. The summed E-state index contributed by atoms with van der Waals surface area (Å²) in [5.41, 5.74) is 0.205. The minimum Gasteiger partial charge on any atom is -0.486 e. The lowest BCUT2D eigenvalue weighted by atomic mass is 9.96. The molecule has 2 atom stereocenters. The van der Waals surface area contributed by atoms with Crippen molar-refractivity contribution in [1.29, 1.82) is 0 Å². The minimum absolute atomic E-state index is 0.145. The van der Waals surface area contributed by atoms with Gasteiger partial charge in [0, 0.05) is 26.1 Å².